The number of nitrogens with one attached hydrogen (secondary N) is 1. The van der Waals surface area contributed by atoms with Crippen molar-refractivity contribution in [1.82, 2.24) is 5.32 Å². The highest BCUT2D eigenvalue weighted by Crippen LogP contribution is 2.23. The molecule has 18 heavy (non-hydrogen) atoms. The Morgan fingerprint density at radius 1 is 1.44 bits per heavy atom. The average Bonchev–Trinajstić information content (AvgIpc) is 2.81. The predicted molar refractivity (Wildman–Crippen MR) is 70.6 cm³/mol. The number of carbonyl (C=O) groups is 1. The van der Waals surface area contributed by atoms with E-state index >= 15 is 0 Å². The van der Waals surface area contributed by atoms with E-state index in [4.69, 9.17) is 10.5 Å². The molecule has 3 N–H and O–H groups in total. The molecule has 0 aromatic heterocycles. The molecule has 0 bridgehead atoms. The molecule has 1 aromatic carbocycles. The van der Waals surface area contributed by atoms with Gasteiger partial charge in [0.25, 0.3) is 5.91 Å². The Labute approximate surface area is 108 Å². The second kappa shape index (κ2) is 5.87. The Balaban J connectivity index is 1.91. The highest BCUT2D eigenvalue weighted by molar-refractivity contribution is 5.96. The lowest BCUT2D eigenvalue weighted by Gasteiger charge is -2.12. The van der Waals surface area contributed by atoms with Gasteiger partial charge in [-0.25, -0.2) is 0 Å². The Bertz CT molecular complexity index is 420. The molecule has 0 radical (unpaired) electrons. The molecule has 1 amide bonds. The van der Waals surface area contributed by atoms with Gasteiger partial charge in [-0.05, 0) is 37.3 Å². The lowest BCUT2D eigenvalue weighted by atomic mass is 10.1. The number of methoxy groups -OCH3 is 1. The first-order valence-corrected chi connectivity index (χ1v) is 6.37. The van der Waals surface area contributed by atoms with Gasteiger partial charge in [0.15, 0.2) is 0 Å². The number of amides is 1. The van der Waals surface area contributed by atoms with E-state index in [0.717, 1.165) is 19.3 Å². The van der Waals surface area contributed by atoms with Crippen LogP contribution in [-0.4, -0.2) is 25.6 Å². The summed E-state index contributed by atoms with van der Waals surface area (Å²) in [5, 5.41) is 2.96. The number of carbonyl (C=O) groups excluding carboxylic acids is 1. The number of ether oxygens (including phenoxy) is 1. The zero-order chi connectivity index (χ0) is 13.0. The van der Waals surface area contributed by atoms with Crippen molar-refractivity contribution in [2.45, 2.75) is 25.3 Å². The van der Waals surface area contributed by atoms with Crippen LogP contribution in [0.3, 0.4) is 0 Å². The van der Waals surface area contributed by atoms with E-state index in [1.54, 1.807) is 19.2 Å². The third-order valence-corrected chi connectivity index (χ3v) is 3.48. The van der Waals surface area contributed by atoms with Gasteiger partial charge in [0.2, 0.25) is 0 Å². The number of rotatable bonds is 4. The van der Waals surface area contributed by atoms with E-state index in [1.807, 2.05) is 12.1 Å². The first kappa shape index (κ1) is 12.9. The molecule has 1 aliphatic rings. The molecule has 0 aliphatic heterocycles. The van der Waals surface area contributed by atoms with E-state index < -0.39 is 0 Å². The van der Waals surface area contributed by atoms with Crippen LogP contribution in [0.25, 0.3) is 0 Å². The van der Waals surface area contributed by atoms with Crippen LogP contribution in [0.1, 0.15) is 29.6 Å². The van der Waals surface area contributed by atoms with Crippen LogP contribution in [0, 0.1) is 5.92 Å². The minimum Gasteiger partial charge on any atom is -0.496 e. The molecule has 98 valence electrons. The zero-order valence-corrected chi connectivity index (χ0v) is 10.7. The fraction of sp³-hybridized carbons (Fsp3) is 0.500. The van der Waals surface area contributed by atoms with Gasteiger partial charge in [-0.1, -0.05) is 12.1 Å². The summed E-state index contributed by atoms with van der Waals surface area (Å²) in [6.07, 6.45) is 3.18. The summed E-state index contributed by atoms with van der Waals surface area (Å²) in [5.41, 5.74) is 6.44. The van der Waals surface area contributed by atoms with Crippen LogP contribution in [0.15, 0.2) is 24.3 Å². The summed E-state index contributed by atoms with van der Waals surface area (Å²) in [6.45, 7) is 0.699. The van der Waals surface area contributed by atoms with Crippen molar-refractivity contribution in [3.8, 4) is 5.75 Å². The van der Waals surface area contributed by atoms with Gasteiger partial charge in [0, 0.05) is 12.6 Å². The molecule has 2 unspecified atom stereocenters. The van der Waals surface area contributed by atoms with Crippen molar-refractivity contribution < 1.29 is 9.53 Å². The Morgan fingerprint density at radius 2 is 2.22 bits per heavy atom. The lowest BCUT2D eigenvalue weighted by Crippen LogP contribution is -2.29. The number of hydrogen-bond donors (Lipinski definition) is 2. The number of hydrogen-bond acceptors (Lipinski definition) is 3. The summed E-state index contributed by atoms with van der Waals surface area (Å²) >= 11 is 0. The molecule has 1 aromatic rings. The van der Waals surface area contributed by atoms with Crippen molar-refractivity contribution in [3.05, 3.63) is 29.8 Å². The first-order valence-electron chi connectivity index (χ1n) is 6.37. The molecule has 2 rings (SSSR count). The van der Waals surface area contributed by atoms with Gasteiger partial charge in [-0.3, -0.25) is 4.79 Å². The molecule has 4 nitrogen and oxygen atoms in total. The van der Waals surface area contributed by atoms with E-state index in [-0.39, 0.29) is 5.91 Å². The quantitative estimate of drug-likeness (QED) is 0.849. The van der Waals surface area contributed by atoms with Gasteiger partial charge in [0.1, 0.15) is 5.75 Å². The SMILES string of the molecule is COc1ccccc1C(=O)NCC1CCC(N)C1. The van der Waals surface area contributed by atoms with Crippen LogP contribution >= 0.6 is 0 Å². The third kappa shape index (κ3) is 3.01. The van der Waals surface area contributed by atoms with Gasteiger partial charge < -0.3 is 15.8 Å². The first-order chi connectivity index (χ1) is 8.70. The van der Waals surface area contributed by atoms with E-state index in [1.165, 1.54) is 0 Å². The van der Waals surface area contributed by atoms with Crippen molar-refractivity contribution in [2.24, 2.45) is 11.7 Å². The van der Waals surface area contributed by atoms with Gasteiger partial charge in [-0.15, -0.1) is 0 Å². The Hall–Kier alpha value is -1.55. The largest absolute Gasteiger partial charge is 0.496 e. The van der Waals surface area contributed by atoms with E-state index in [9.17, 15) is 4.79 Å². The molecule has 1 aliphatic carbocycles. The van der Waals surface area contributed by atoms with Crippen molar-refractivity contribution >= 4 is 5.91 Å². The summed E-state index contributed by atoms with van der Waals surface area (Å²) in [7, 11) is 1.57. The van der Waals surface area contributed by atoms with Crippen molar-refractivity contribution in [1.29, 1.82) is 0 Å². The second-order valence-corrected chi connectivity index (χ2v) is 4.85. The number of para-hydroxylation sites is 1. The number of nitrogens with two attached hydrogens (primary N) is 1. The van der Waals surface area contributed by atoms with Gasteiger partial charge >= 0.3 is 0 Å². The molecular formula is C14H20N2O2. The monoisotopic (exact) mass is 248 g/mol. The predicted octanol–water partition coefficient (Wildman–Crippen LogP) is 1.55. The molecular weight excluding hydrogens is 228 g/mol. The van der Waals surface area contributed by atoms with Crippen LogP contribution < -0.4 is 15.8 Å². The highest BCUT2D eigenvalue weighted by Gasteiger charge is 2.22. The summed E-state index contributed by atoms with van der Waals surface area (Å²) in [5.74, 6) is 1.05. The smallest absolute Gasteiger partial charge is 0.255 e. The van der Waals surface area contributed by atoms with E-state index in [0.29, 0.717) is 29.8 Å². The van der Waals surface area contributed by atoms with Crippen molar-refractivity contribution in [3.63, 3.8) is 0 Å². The fourth-order valence-corrected chi connectivity index (χ4v) is 2.46. The van der Waals surface area contributed by atoms with Crippen LogP contribution in [0.5, 0.6) is 5.75 Å². The van der Waals surface area contributed by atoms with Gasteiger partial charge in [-0.2, -0.15) is 0 Å². The second-order valence-electron chi connectivity index (χ2n) is 4.85. The summed E-state index contributed by atoms with van der Waals surface area (Å²) < 4.78 is 5.17. The molecule has 0 heterocycles. The third-order valence-electron chi connectivity index (χ3n) is 3.48. The standard InChI is InChI=1S/C14H20N2O2/c1-18-13-5-3-2-4-12(13)14(17)16-9-10-6-7-11(15)8-10/h2-5,10-11H,6-9,15H2,1H3,(H,16,17). The molecule has 0 saturated heterocycles. The van der Waals surface area contributed by atoms with E-state index in [2.05, 4.69) is 5.32 Å². The lowest BCUT2D eigenvalue weighted by molar-refractivity contribution is 0.0944. The minimum atomic E-state index is -0.0760. The zero-order valence-electron chi connectivity index (χ0n) is 10.7. The molecule has 2 atom stereocenters. The molecule has 4 heteroatoms. The fourth-order valence-electron chi connectivity index (χ4n) is 2.46. The summed E-state index contributed by atoms with van der Waals surface area (Å²) in [4.78, 5) is 12.0. The Kier molecular flexibility index (Phi) is 4.20. The molecule has 1 fully saturated rings. The van der Waals surface area contributed by atoms with Gasteiger partial charge in [0.05, 0.1) is 12.7 Å². The Morgan fingerprint density at radius 3 is 2.89 bits per heavy atom. The maximum atomic E-state index is 12.0. The summed E-state index contributed by atoms with van der Waals surface area (Å²) in [6, 6.07) is 7.56. The maximum Gasteiger partial charge on any atom is 0.255 e. The average molecular weight is 248 g/mol. The number of benzene rings is 1. The van der Waals surface area contributed by atoms with Crippen LogP contribution in [-0.2, 0) is 0 Å². The molecule has 1 saturated carbocycles. The highest BCUT2D eigenvalue weighted by atomic mass is 16.5. The van der Waals surface area contributed by atoms with Crippen molar-refractivity contribution in [2.75, 3.05) is 13.7 Å². The molecule has 0 spiro atoms. The normalized spacial score (nSPS) is 22.8. The maximum absolute atomic E-state index is 12.0. The van der Waals surface area contributed by atoms with Crippen LogP contribution in [0.2, 0.25) is 0 Å². The minimum absolute atomic E-state index is 0.0760. The van der Waals surface area contributed by atoms with Crippen LogP contribution in [0.4, 0.5) is 0 Å². The topological polar surface area (TPSA) is 64.3 Å².